The highest BCUT2D eigenvalue weighted by atomic mass is 16.6. The maximum atomic E-state index is 11.5. The Morgan fingerprint density at radius 3 is 2.56 bits per heavy atom. The molecule has 1 aliphatic carbocycles. The Bertz CT molecular complexity index is 235. The van der Waals surface area contributed by atoms with Crippen LogP contribution >= 0.6 is 0 Å². The summed E-state index contributed by atoms with van der Waals surface area (Å²) in [6, 6.07) is 0. The van der Waals surface area contributed by atoms with Crippen molar-refractivity contribution in [2.75, 3.05) is 0 Å². The van der Waals surface area contributed by atoms with Crippen molar-refractivity contribution in [2.24, 2.45) is 0 Å². The van der Waals surface area contributed by atoms with Gasteiger partial charge in [-0.1, -0.05) is 6.42 Å². The maximum Gasteiger partial charge on any atom is 0.407 e. The van der Waals surface area contributed by atoms with E-state index < -0.39 is 0 Å². The maximum absolute atomic E-state index is 11.5. The first-order valence-electron chi connectivity index (χ1n) is 6.04. The number of alkyl carbamates (subject to hydrolysis) is 1. The molecule has 0 aromatic heterocycles. The molecule has 0 aliphatic heterocycles. The molecule has 0 unspecified atom stereocenters. The van der Waals surface area contributed by atoms with E-state index in [1.807, 2.05) is 20.8 Å². The fourth-order valence-corrected chi connectivity index (χ4v) is 1.89. The number of hydrogen-bond acceptors (Lipinski definition) is 3. The number of nitrogens with one attached hydrogen (secondary N) is 1. The minimum atomic E-state index is -0.383. The Balaban J connectivity index is 2.37. The summed E-state index contributed by atoms with van der Waals surface area (Å²) in [6.07, 6.45) is 3.43. The van der Waals surface area contributed by atoms with Crippen LogP contribution in [-0.2, 0) is 4.74 Å². The topological polar surface area (TPSA) is 58.6 Å². The van der Waals surface area contributed by atoms with Gasteiger partial charge in [0.2, 0.25) is 0 Å². The number of hydrogen-bond donors (Lipinski definition) is 2. The van der Waals surface area contributed by atoms with E-state index in [1.165, 1.54) is 0 Å². The van der Waals surface area contributed by atoms with Crippen molar-refractivity contribution in [2.45, 2.75) is 70.6 Å². The van der Waals surface area contributed by atoms with Gasteiger partial charge in [0, 0.05) is 12.0 Å². The van der Waals surface area contributed by atoms with E-state index in [0.717, 1.165) is 25.7 Å². The molecule has 94 valence electrons. The lowest BCUT2D eigenvalue weighted by atomic mass is 10.1. The van der Waals surface area contributed by atoms with Crippen molar-refractivity contribution >= 4 is 6.09 Å². The van der Waals surface area contributed by atoms with Gasteiger partial charge in [0.1, 0.15) is 6.10 Å². The molecular formula is C12H23NO3. The highest BCUT2D eigenvalue weighted by Crippen LogP contribution is 2.20. The number of rotatable bonds is 1. The zero-order valence-corrected chi connectivity index (χ0v) is 10.5. The summed E-state index contributed by atoms with van der Waals surface area (Å²) in [4.78, 5) is 11.5. The minimum absolute atomic E-state index is 0.139. The summed E-state index contributed by atoms with van der Waals surface area (Å²) in [6.45, 7) is 5.74. The van der Waals surface area contributed by atoms with E-state index in [2.05, 4.69) is 5.32 Å². The molecular weight excluding hydrogens is 206 g/mol. The average molecular weight is 229 g/mol. The van der Waals surface area contributed by atoms with Gasteiger partial charge in [0.15, 0.2) is 0 Å². The second-order valence-electron chi connectivity index (χ2n) is 5.58. The third kappa shape index (κ3) is 5.35. The first-order chi connectivity index (χ1) is 7.37. The van der Waals surface area contributed by atoms with Crippen molar-refractivity contribution in [1.82, 2.24) is 5.32 Å². The molecule has 0 saturated heterocycles. The first kappa shape index (κ1) is 13.3. The summed E-state index contributed by atoms with van der Waals surface area (Å²) < 4.78 is 5.31. The van der Waals surface area contributed by atoms with Gasteiger partial charge in [-0.25, -0.2) is 4.79 Å². The van der Waals surface area contributed by atoms with Crippen LogP contribution in [-0.4, -0.2) is 28.9 Å². The van der Waals surface area contributed by atoms with Crippen LogP contribution in [0.2, 0.25) is 0 Å². The van der Waals surface area contributed by atoms with E-state index in [9.17, 15) is 9.90 Å². The number of carbonyl (C=O) groups excluding carboxylic acids is 1. The molecule has 2 N–H and O–H groups in total. The molecule has 0 aromatic carbocycles. The van der Waals surface area contributed by atoms with Crippen molar-refractivity contribution < 1.29 is 14.6 Å². The Morgan fingerprint density at radius 1 is 1.31 bits per heavy atom. The SMILES string of the molecule is CC(C)(C)NC(=O)O[C@@H]1CCCC[C@@H](O)C1. The van der Waals surface area contributed by atoms with Crippen LogP contribution < -0.4 is 5.32 Å². The monoisotopic (exact) mass is 229 g/mol. The van der Waals surface area contributed by atoms with Crippen molar-refractivity contribution in [1.29, 1.82) is 0 Å². The van der Waals surface area contributed by atoms with Gasteiger partial charge < -0.3 is 15.2 Å². The predicted octanol–water partition coefficient (Wildman–Crippen LogP) is 2.20. The zero-order valence-electron chi connectivity index (χ0n) is 10.5. The quantitative estimate of drug-likeness (QED) is 0.678. The van der Waals surface area contributed by atoms with Crippen LogP contribution in [0.3, 0.4) is 0 Å². The lowest BCUT2D eigenvalue weighted by Crippen LogP contribution is -2.42. The van der Waals surface area contributed by atoms with Gasteiger partial charge in [-0.15, -0.1) is 0 Å². The van der Waals surface area contributed by atoms with Crippen LogP contribution in [0.5, 0.6) is 0 Å². The van der Waals surface area contributed by atoms with Gasteiger partial charge >= 0.3 is 6.09 Å². The van der Waals surface area contributed by atoms with Crippen molar-refractivity contribution in [3.8, 4) is 0 Å². The van der Waals surface area contributed by atoms with Crippen LogP contribution in [0.1, 0.15) is 52.9 Å². The summed E-state index contributed by atoms with van der Waals surface area (Å²) in [5, 5.41) is 12.4. The minimum Gasteiger partial charge on any atom is -0.446 e. The number of carbonyl (C=O) groups is 1. The second-order valence-corrected chi connectivity index (χ2v) is 5.58. The van der Waals surface area contributed by atoms with Gasteiger partial charge in [-0.05, 0) is 40.0 Å². The van der Waals surface area contributed by atoms with E-state index in [4.69, 9.17) is 4.74 Å². The third-order valence-corrected chi connectivity index (χ3v) is 2.60. The molecule has 1 aliphatic rings. The van der Waals surface area contributed by atoms with E-state index >= 15 is 0 Å². The van der Waals surface area contributed by atoms with E-state index in [0.29, 0.717) is 6.42 Å². The second kappa shape index (κ2) is 5.53. The molecule has 1 saturated carbocycles. The Labute approximate surface area is 97.4 Å². The molecule has 0 bridgehead atoms. The molecule has 1 rings (SSSR count). The molecule has 1 amide bonds. The largest absolute Gasteiger partial charge is 0.446 e. The van der Waals surface area contributed by atoms with Crippen LogP contribution in [0.15, 0.2) is 0 Å². The molecule has 4 heteroatoms. The smallest absolute Gasteiger partial charge is 0.407 e. The molecule has 0 radical (unpaired) electrons. The normalized spacial score (nSPS) is 27.0. The Morgan fingerprint density at radius 2 is 1.94 bits per heavy atom. The Hall–Kier alpha value is -0.770. The van der Waals surface area contributed by atoms with E-state index in [-0.39, 0.29) is 23.8 Å². The fraction of sp³-hybridized carbons (Fsp3) is 0.917. The third-order valence-electron chi connectivity index (χ3n) is 2.60. The van der Waals surface area contributed by atoms with Gasteiger partial charge in [-0.3, -0.25) is 0 Å². The number of aliphatic hydroxyl groups is 1. The lowest BCUT2D eigenvalue weighted by Gasteiger charge is -2.23. The molecule has 1 fully saturated rings. The molecule has 4 nitrogen and oxygen atoms in total. The van der Waals surface area contributed by atoms with Crippen molar-refractivity contribution in [3.63, 3.8) is 0 Å². The molecule has 0 heterocycles. The molecule has 2 atom stereocenters. The molecule has 0 aromatic rings. The summed E-state index contributed by atoms with van der Waals surface area (Å²) in [7, 11) is 0. The standard InChI is InChI=1S/C12H23NO3/c1-12(2,3)13-11(15)16-10-7-5-4-6-9(14)8-10/h9-10,14H,4-8H2,1-3H3,(H,13,15)/t9-,10-/m1/s1. The van der Waals surface area contributed by atoms with E-state index in [1.54, 1.807) is 0 Å². The first-order valence-corrected chi connectivity index (χ1v) is 6.04. The number of aliphatic hydroxyl groups excluding tert-OH is 1. The highest BCUT2D eigenvalue weighted by molar-refractivity contribution is 5.68. The molecule has 16 heavy (non-hydrogen) atoms. The van der Waals surface area contributed by atoms with Crippen LogP contribution in [0, 0.1) is 0 Å². The van der Waals surface area contributed by atoms with Gasteiger partial charge in [0.25, 0.3) is 0 Å². The van der Waals surface area contributed by atoms with Gasteiger partial charge in [0.05, 0.1) is 6.10 Å². The van der Waals surface area contributed by atoms with Gasteiger partial charge in [-0.2, -0.15) is 0 Å². The fourth-order valence-electron chi connectivity index (χ4n) is 1.89. The zero-order chi connectivity index (χ0) is 12.2. The van der Waals surface area contributed by atoms with Crippen molar-refractivity contribution in [3.05, 3.63) is 0 Å². The predicted molar refractivity (Wildman–Crippen MR) is 62.2 cm³/mol. The highest BCUT2D eigenvalue weighted by Gasteiger charge is 2.23. The molecule has 0 spiro atoms. The summed E-state index contributed by atoms with van der Waals surface area (Å²) >= 11 is 0. The Kier molecular flexibility index (Phi) is 4.59. The lowest BCUT2D eigenvalue weighted by molar-refractivity contribution is 0.0531. The number of ether oxygens (including phenoxy) is 1. The summed E-state index contributed by atoms with van der Waals surface area (Å²) in [5.41, 5.74) is -0.277. The summed E-state index contributed by atoms with van der Waals surface area (Å²) in [5.74, 6) is 0. The number of amides is 1. The van der Waals surface area contributed by atoms with Crippen LogP contribution in [0.25, 0.3) is 0 Å². The average Bonchev–Trinajstić information content (AvgIpc) is 2.26. The van der Waals surface area contributed by atoms with Crippen LogP contribution in [0.4, 0.5) is 4.79 Å².